The van der Waals surface area contributed by atoms with Crippen molar-refractivity contribution in [2.75, 3.05) is 12.8 Å². The number of carbonyl (C=O) groups is 1. The minimum absolute atomic E-state index is 0.173. The molecule has 3 aromatic heterocycles. The number of pyridine rings is 1. The molecule has 0 amide bonds. The van der Waals surface area contributed by atoms with Gasteiger partial charge in [0.2, 0.25) is 5.78 Å². The number of nitrogens with zero attached hydrogens (tertiary/aromatic N) is 2. The smallest absolute Gasteiger partial charge is 0.211 e. The van der Waals surface area contributed by atoms with Gasteiger partial charge in [-0.15, -0.1) is 11.3 Å². The predicted molar refractivity (Wildman–Crippen MR) is 130 cm³/mol. The maximum Gasteiger partial charge on any atom is 0.211 e. The number of fused-ring (bicyclic) bond motifs is 1. The molecule has 5 rings (SSSR count). The van der Waals surface area contributed by atoms with Crippen LogP contribution in [0.4, 0.5) is 5.69 Å². The lowest BCUT2D eigenvalue weighted by Gasteiger charge is -2.05. The fraction of sp³-hybridized carbons (Fsp3) is 0.0400. The molecular weight excluding hydrogens is 442 g/mol. The molecule has 0 spiro atoms. The Morgan fingerprint density at radius 2 is 1.81 bits per heavy atom. The monoisotopic (exact) mass is 459 g/mol. The van der Waals surface area contributed by atoms with Gasteiger partial charge < -0.3 is 14.9 Å². The van der Waals surface area contributed by atoms with Crippen molar-refractivity contribution in [2.45, 2.75) is 0 Å². The van der Waals surface area contributed by atoms with Crippen molar-refractivity contribution in [3.63, 3.8) is 0 Å². The average Bonchev–Trinajstić information content (AvgIpc) is 3.41. The van der Waals surface area contributed by atoms with E-state index < -0.39 is 0 Å². The molecule has 0 radical (unpaired) electrons. The summed E-state index contributed by atoms with van der Waals surface area (Å²) in [7, 11) is 1.64. The number of thiazole rings is 1. The van der Waals surface area contributed by atoms with E-state index in [1.54, 1.807) is 31.4 Å². The van der Waals surface area contributed by atoms with Gasteiger partial charge in [-0.05, 0) is 48.5 Å². The number of benzene rings is 2. The van der Waals surface area contributed by atoms with Crippen LogP contribution in [0, 0.1) is 0 Å². The molecule has 0 atom stereocenters. The summed E-state index contributed by atoms with van der Waals surface area (Å²) in [6.07, 6.45) is 1.84. The molecule has 0 unspecified atom stereocenters. The first-order chi connectivity index (χ1) is 15.6. The maximum atomic E-state index is 13.4. The summed E-state index contributed by atoms with van der Waals surface area (Å²) in [5.41, 5.74) is 11.2. The van der Waals surface area contributed by atoms with Crippen molar-refractivity contribution in [3.8, 4) is 27.6 Å². The van der Waals surface area contributed by atoms with Gasteiger partial charge in [-0.3, -0.25) is 4.79 Å². The molecule has 0 saturated carbocycles. The molecular formula is C25H18ClN3O2S. The van der Waals surface area contributed by atoms with Crippen LogP contribution in [0.5, 0.6) is 5.75 Å². The maximum absolute atomic E-state index is 13.4. The number of aromatic nitrogens is 2. The predicted octanol–water partition coefficient (Wildman–Crippen LogP) is 6.21. The van der Waals surface area contributed by atoms with Gasteiger partial charge in [0.05, 0.1) is 29.6 Å². The number of hydrogen-bond acceptors (Lipinski definition) is 5. The van der Waals surface area contributed by atoms with E-state index in [2.05, 4.69) is 0 Å². The molecule has 158 valence electrons. The van der Waals surface area contributed by atoms with Crippen molar-refractivity contribution in [3.05, 3.63) is 94.6 Å². The van der Waals surface area contributed by atoms with Crippen LogP contribution in [0.3, 0.4) is 0 Å². The van der Waals surface area contributed by atoms with E-state index in [1.807, 2.05) is 58.4 Å². The zero-order chi connectivity index (χ0) is 22.2. The van der Waals surface area contributed by atoms with E-state index in [-0.39, 0.29) is 5.78 Å². The fourth-order valence-electron chi connectivity index (χ4n) is 3.79. The van der Waals surface area contributed by atoms with Crippen molar-refractivity contribution in [2.24, 2.45) is 0 Å². The third kappa shape index (κ3) is 3.34. The molecule has 7 heteroatoms. The Balaban J connectivity index is 1.67. The molecule has 0 aliphatic carbocycles. The molecule has 0 fully saturated rings. The Bertz CT molecular complexity index is 1450. The lowest BCUT2D eigenvalue weighted by Crippen LogP contribution is -2.07. The number of halogens is 1. The number of anilines is 1. The van der Waals surface area contributed by atoms with Crippen LogP contribution in [0.2, 0.25) is 5.02 Å². The number of ketones is 1. The number of ether oxygens (including phenoxy) is 1. The summed E-state index contributed by atoms with van der Waals surface area (Å²) in [5.74, 6) is 0.575. The molecule has 0 aliphatic rings. The first kappa shape index (κ1) is 20.3. The van der Waals surface area contributed by atoms with E-state index in [4.69, 9.17) is 27.1 Å². The quantitative estimate of drug-likeness (QED) is 0.317. The van der Waals surface area contributed by atoms with E-state index in [1.165, 1.54) is 11.3 Å². The number of rotatable bonds is 5. The van der Waals surface area contributed by atoms with E-state index in [0.717, 1.165) is 33.1 Å². The largest absolute Gasteiger partial charge is 0.496 e. The summed E-state index contributed by atoms with van der Waals surface area (Å²) >= 11 is 7.47. The van der Waals surface area contributed by atoms with E-state index in [9.17, 15) is 4.79 Å². The van der Waals surface area contributed by atoms with Crippen LogP contribution in [-0.4, -0.2) is 22.3 Å². The highest BCUT2D eigenvalue weighted by Gasteiger charge is 2.25. The van der Waals surface area contributed by atoms with Gasteiger partial charge in [-0.1, -0.05) is 29.8 Å². The minimum atomic E-state index is -0.173. The van der Waals surface area contributed by atoms with Crippen molar-refractivity contribution < 1.29 is 9.53 Å². The summed E-state index contributed by atoms with van der Waals surface area (Å²) in [6, 6.07) is 20.3. The highest BCUT2D eigenvalue weighted by Crippen LogP contribution is 2.40. The second-order valence-electron chi connectivity index (χ2n) is 7.17. The molecule has 32 heavy (non-hydrogen) atoms. The Morgan fingerprint density at radius 1 is 1.06 bits per heavy atom. The van der Waals surface area contributed by atoms with Crippen LogP contribution >= 0.6 is 22.9 Å². The number of methoxy groups -OCH3 is 1. The molecule has 5 nitrogen and oxygen atoms in total. The normalized spacial score (nSPS) is 11.1. The van der Waals surface area contributed by atoms with Gasteiger partial charge in [-0.25, -0.2) is 4.98 Å². The van der Waals surface area contributed by atoms with Crippen molar-refractivity contribution >= 4 is 39.9 Å². The Morgan fingerprint density at radius 3 is 2.59 bits per heavy atom. The third-order valence-corrected chi connectivity index (χ3v) is 6.42. The first-order valence-corrected chi connectivity index (χ1v) is 11.1. The van der Waals surface area contributed by atoms with E-state index in [0.29, 0.717) is 22.0 Å². The highest BCUT2D eigenvalue weighted by molar-refractivity contribution is 7.13. The number of nitrogen functional groups attached to an aromatic ring is 1. The third-order valence-electron chi connectivity index (χ3n) is 5.30. The first-order valence-electron chi connectivity index (χ1n) is 9.86. The topological polar surface area (TPSA) is 69.6 Å². The Kier molecular flexibility index (Phi) is 5.17. The lowest BCUT2D eigenvalue weighted by atomic mass is 10.1. The SMILES string of the molecule is COc1ccccc1-c1csc(-c2c(N)c(C(=O)c3ccc(Cl)cc3)n3ccccc23)n1. The second kappa shape index (κ2) is 8.15. The Hall–Kier alpha value is -3.61. The minimum Gasteiger partial charge on any atom is -0.496 e. The molecule has 2 N–H and O–H groups in total. The number of nitrogens with two attached hydrogens (primary N) is 1. The van der Waals surface area contributed by atoms with Crippen molar-refractivity contribution in [1.29, 1.82) is 0 Å². The lowest BCUT2D eigenvalue weighted by molar-refractivity contribution is 0.103. The van der Waals surface area contributed by atoms with Crippen LogP contribution < -0.4 is 10.5 Å². The fourth-order valence-corrected chi connectivity index (χ4v) is 4.80. The molecule has 0 bridgehead atoms. The van der Waals surface area contributed by atoms with Gasteiger partial charge in [0.15, 0.2) is 0 Å². The number of carbonyl (C=O) groups excluding carboxylic acids is 1. The summed E-state index contributed by atoms with van der Waals surface area (Å²) in [4.78, 5) is 18.2. The van der Waals surface area contributed by atoms with E-state index >= 15 is 0 Å². The number of para-hydroxylation sites is 1. The molecule has 3 heterocycles. The van der Waals surface area contributed by atoms with Crippen molar-refractivity contribution in [1.82, 2.24) is 9.38 Å². The van der Waals surface area contributed by atoms with Crippen LogP contribution in [-0.2, 0) is 0 Å². The van der Waals surface area contributed by atoms with Crippen LogP contribution in [0.1, 0.15) is 16.1 Å². The zero-order valence-electron chi connectivity index (χ0n) is 17.1. The second-order valence-corrected chi connectivity index (χ2v) is 8.46. The van der Waals surface area contributed by atoms with Gasteiger partial charge >= 0.3 is 0 Å². The number of hydrogen-bond donors (Lipinski definition) is 1. The van der Waals surface area contributed by atoms with Gasteiger partial charge in [0.1, 0.15) is 16.5 Å². The highest BCUT2D eigenvalue weighted by atomic mass is 35.5. The molecule has 5 aromatic rings. The van der Waals surface area contributed by atoms with Gasteiger partial charge in [-0.2, -0.15) is 0 Å². The molecule has 2 aromatic carbocycles. The standard InChI is InChI=1S/C25H18ClN3O2S/c1-31-20-8-3-2-6-17(20)18-14-32-25(28-18)21-19-7-4-5-13-29(19)23(22(21)27)24(30)15-9-11-16(26)12-10-15/h2-14H,27H2,1H3. The van der Waals surface area contributed by atoms with Gasteiger partial charge in [0.25, 0.3) is 0 Å². The summed E-state index contributed by atoms with van der Waals surface area (Å²) in [5, 5.41) is 3.28. The Labute approximate surface area is 193 Å². The molecule has 0 aliphatic heterocycles. The summed E-state index contributed by atoms with van der Waals surface area (Å²) < 4.78 is 7.31. The molecule has 0 saturated heterocycles. The zero-order valence-corrected chi connectivity index (χ0v) is 18.7. The average molecular weight is 460 g/mol. The van der Waals surface area contributed by atoms with Crippen LogP contribution in [0.25, 0.3) is 27.3 Å². The van der Waals surface area contributed by atoms with Crippen LogP contribution in [0.15, 0.2) is 78.3 Å². The van der Waals surface area contributed by atoms with Gasteiger partial charge in [0, 0.05) is 27.7 Å². The summed E-state index contributed by atoms with van der Waals surface area (Å²) in [6.45, 7) is 0.